The van der Waals surface area contributed by atoms with Crippen molar-refractivity contribution in [1.82, 2.24) is 9.55 Å². The van der Waals surface area contributed by atoms with Crippen molar-refractivity contribution in [3.05, 3.63) is 40.6 Å². The number of aromatic nitrogens is 2. The molecule has 0 aliphatic carbocycles. The van der Waals surface area contributed by atoms with Gasteiger partial charge < -0.3 is 4.57 Å². The third kappa shape index (κ3) is 1.79. The molecular formula is C11H8BrN3. The molecule has 0 fully saturated rings. The fourth-order valence-electron chi connectivity index (χ4n) is 1.39. The van der Waals surface area contributed by atoms with Gasteiger partial charge in [0.05, 0.1) is 11.6 Å². The molecule has 4 heteroatoms. The van der Waals surface area contributed by atoms with Crippen molar-refractivity contribution in [3.8, 4) is 17.5 Å². The zero-order chi connectivity index (χ0) is 10.8. The molecule has 0 bridgehead atoms. The molecule has 0 aliphatic rings. The Hall–Kier alpha value is -1.60. The van der Waals surface area contributed by atoms with Crippen molar-refractivity contribution < 1.29 is 0 Å². The Bertz CT molecular complexity index is 537. The van der Waals surface area contributed by atoms with Crippen molar-refractivity contribution in [2.75, 3.05) is 0 Å². The largest absolute Gasteiger partial charge is 0.334 e. The van der Waals surface area contributed by atoms with Gasteiger partial charge in [0, 0.05) is 29.5 Å². The summed E-state index contributed by atoms with van der Waals surface area (Å²) in [6.45, 7) is 0. The van der Waals surface area contributed by atoms with Crippen molar-refractivity contribution in [2.24, 2.45) is 7.05 Å². The number of nitriles is 1. The predicted molar refractivity (Wildman–Crippen MR) is 61.1 cm³/mol. The lowest BCUT2D eigenvalue weighted by Gasteiger charge is -2.04. The molecule has 0 atom stereocenters. The lowest BCUT2D eigenvalue weighted by molar-refractivity contribution is 0.924. The molecule has 0 aliphatic heterocycles. The third-order valence-electron chi connectivity index (χ3n) is 2.16. The molecule has 1 heterocycles. The van der Waals surface area contributed by atoms with Gasteiger partial charge >= 0.3 is 0 Å². The van der Waals surface area contributed by atoms with Crippen LogP contribution in [0.4, 0.5) is 0 Å². The maximum Gasteiger partial charge on any atom is 0.140 e. The van der Waals surface area contributed by atoms with E-state index in [9.17, 15) is 0 Å². The van der Waals surface area contributed by atoms with Crippen LogP contribution in [-0.2, 0) is 7.05 Å². The maximum absolute atomic E-state index is 8.83. The Labute approximate surface area is 96.1 Å². The molecular weight excluding hydrogens is 254 g/mol. The van der Waals surface area contributed by atoms with Crippen molar-refractivity contribution in [3.63, 3.8) is 0 Å². The number of hydrogen-bond donors (Lipinski definition) is 0. The Balaban J connectivity index is 2.63. The van der Waals surface area contributed by atoms with E-state index in [2.05, 4.69) is 27.0 Å². The minimum absolute atomic E-state index is 0.635. The second-order valence-corrected chi connectivity index (χ2v) is 4.02. The molecule has 2 aromatic rings. The Kier molecular flexibility index (Phi) is 2.57. The molecule has 74 valence electrons. The van der Waals surface area contributed by atoms with E-state index in [1.165, 1.54) is 0 Å². The highest BCUT2D eigenvalue weighted by atomic mass is 79.9. The van der Waals surface area contributed by atoms with E-state index in [1.807, 2.05) is 29.9 Å². The van der Waals surface area contributed by atoms with Crippen molar-refractivity contribution in [2.45, 2.75) is 0 Å². The first-order chi connectivity index (χ1) is 7.22. The first kappa shape index (κ1) is 9.94. The average molecular weight is 262 g/mol. The molecule has 1 aromatic carbocycles. The summed E-state index contributed by atoms with van der Waals surface area (Å²) in [6, 6.07) is 7.58. The predicted octanol–water partition coefficient (Wildman–Crippen LogP) is 2.72. The van der Waals surface area contributed by atoms with Gasteiger partial charge in [-0.1, -0.05) is 15.9 Å². The number of imidazole rings is 1. The molecule has 3 nitrogen and oxygen atoms in total. The van der Waals surface area contributed by atoms with Gasteiger partial charge in [0.25, 0.3) is 0 Å². The first-order valence-corrected chi connectivity index (χ1v) is 5.19. The molecule has 0 spiro atoms. The van der Waals surface area contributed by atoms with E-state index in [0.717, 1.165) is 15.9 Å². The summed E-state index contributed by atoms with van der Waals surface area (Å²) in [7, 11) is 1.92. The van der Waals surface area contributed by atoms with Crippen LogP contribution in [-0.4, -0.2) is 9.55 Å². The highest BCUT2D eigenvalue weighted by molar-refractivity contribution is 9.10. The second-order valence-electron chi connectivity index (χ2n) is 3.17. The van der Waals surface area contributed by atoms with Crippen molar-refractivity contribution >= 4 is 15.9 Å². The van der Waals surface area contributed by atoms with E-state index in [0.29, 0.717) is 5.56 Å². The van der Waals surface area contributed by atoms with E-state index in [4.69, 9.17) is 5.26 Å². The van der Waals surface area contributed by atoms with Crippen LogP contribution in [0, 0.1) is 11.3 Å². The second kappa shape index (κ2) is 3.87. The quantitative estimate of drug-likeness (QED) is 0.792. The molecule has 0 N–H and O–H groups in total. The zero-order valence-corrected chi connectivity index (χ0v) is 9.69. The van der Waals surface area contributed by atoms with Gasteiger partial charge in [0.15, 0.2) is 0 Å². The van der Waals surface area contributed by atoms with Gasteiger partial charge in [-0.25, -0.2) is 4.98 Å². The molecule has 15 heavy (non-hydrogen) atoms. The smallest absolute Gasteiger partial charge is 0.140 e. The van der Waals surface area contributed by atoms with E-state index in [-0.39, 0.29) is 0 Å². The summed E-state index contributed by atoms with van der Waals surface area (Å²) in [4.78, 5) is 4.25. The van der Waals surface area contributed by atoms with Crippen LogP contribution in [0.25, 0.3) is 11.4 Å². The van der Waals surface area contributed by atoms with Crippen LogP contribution in [0.1, 0.15) is 5.56 Å². The maximum atomic E-state index is 8.83. The number of aryl methyl sites for hydroxylation is 1. The van der Waals surface area contributed by atoms with Crippen molar-refractivity contribution in [1.29, 1.82) is 5.26 Å². The number of benzene rings is 1. The highest BCUT2D eigenvalue weighted by Crippen LogP contribution is 2.27. The summed E-state index contributed by atoms with van der Waals surface area (Å²) in [5.74, 6) is 0.846. The topological polar surface area (TPSA) is 41.6 Å². The number of hydrogen-bond acceptors (Lipinski definition) is 2. The minimum atomic E-state index is 0.635. The highest BCUT2D eigenvalue weighted by Gasteiger charge is 2.08. The van der Waals surface area contributed by atoms with E-state index < -0.39 is 0 Å². The molecule has 2 rings (SSSR count). The summed E-state index contributed by atoms with van der Waals surface area (Å²) in [5.41, 5.74) is 1.57. The minimum Gasteiger partial charge on any atom is -0.334 e. The van der Waals surface area contributed by atoms with Gasteiger partial charge in [0.1, 0.15) is 5.82 Å². The fraction of sp³-hybridized carbons (Fsp3) is 0.0909. The van der Waals surface area contributed by atoms with Gasteiger partial charge in [0.2, 0.25) is 0 Å². The van der Waals surface area contributed by atoms with Gasteiger partial charge in [-0.2, -0.15) is 5.26 Å². The number of halogens is 1. The summed E-state index contributed by atoms with van der Waals surface area (Å²) in [6.07, 6.45) is 3.61. The average Bonchev–Trinajstić information content (AvgIpc) is 2.65. The van der Waals surface area contributed by atoms with Crippen LogP contribution in [0.3, 0.4) is 0 Å². The molecule has 0 amide bonds. The van der Waals surface area contributed by atoms with Crippen LogP contribution >= 0.6 is 15.9 Å². The molecule has 0 saturated heterocycles. The van der Waals surface area contributed by atoms with E-state index in [1.54, 1.807) is 12.3 Å². The third-order valence-corrected chi connectivity index (χ3v) is 2.85. The SMILES string of the molecule is Cn1ccnc1-c1cc(C#N)ccc1Br. The summed E-state index contributed by atoms with van der Waals surface area (Å²) >= 11 is 3.45. The normalized spacial score (nSPS) is 9.93. The van der Waals surface area contributed by atoms with Crippen LogP contribution in [0.15, 0.2) is 35.1 Å². The monoisotopic (exact) mass is 261 g/mol. The standard InChI is InChI=1S/C11H8BrN3/c1-15-5-4-14-11(15)9-6-8(7-13)2-3-10(9)12/h2-6H,1H3. The zero-order valence-electron chi connectivity index (χ0n) is 8.11. The lowest BCUT2D eigenvalue weighted by atomic mass is 10.1. The summed E-state index contributed by atoms with van der Waals surface area (Å²) in [5, 5.41) is 8.83. The molecule has 0 saturated carbocycles. The Morgan fingerprint density at radius 1 is 1.47 bits per heavy atom. The Morgan fingerprint density at radius 2 is 2.27 bits per heavy atom. The summed E-state index contributed by atoms with van der Waals surface area (Å²) < 4.78 is 2.86. The van der Waals surface area contributed by atoms with Gasteiger partial charge in [-0.15, -0.1) is 0 Å². The van der Waals surface area contributed by atoms with E-state index >= 15 is 0 Å². The lowest BCUT2D eigenvalue weighted by Crippen LogP contribution is -1.92. The van der Waals surface area contributed by atoms with Gasteiger partial charge in [-0.3, -0.25) is 0 Å². The number of nitrogens with zero attached hydrogens (tertiary/aromatic N) is 3. The Morgan fingerprint density at radius 3 is 2.87 bits per heavy atom. The van der Waals surface area contributed by atoms with Crippen LogP contribution in [0.2, 0.25) is 0 Å². The molecule has 0 radical (unpaired) electrons. The molecule has 0 unspecified atom stereocenters. The molecule has 1 aromatic heterocycles. The van der Waals surface area contributed by atoms with Crippen LogP contribution < -0.4 is 0 Å². The number of rotatable bonds is 1. The van der Waals surface area contributed by atoms with Crippen LogP contribution in [0.5, 0.6) is 0 Å². The fourth-order valence-corrected chi connectivity index (χ4v) is 1.82. The van der Waals surface area contributed by atoms with Gasteiger partial charge in [-0.05, 0) is 18.2 Å². The first-order valence-electron chi connectivity index (χ1n) is 4.39.